The molecule has 10 aromatic rings. The number of nitrogens with one attached hydrogen (secondary N) is 1. The Labute approximate surface area is 332 Å². The van der Waals surface area contributed by atoms with Crippen LogP contribution in [0.15, 0.2) is 190 Å². The van der Waals surface area contributed by atoms with E-state index in [1.807, 2.05) is 29.5 Å². The van der Waals surface area contributed by atoms with Gasteiger partial charge in [-0.05, 0) is 65.9 Å². The highest BCUT2D eigenvalue weighted by Crippen LogP contribution is 2.44. The summed E-state index contributed by atoms with van der Waals surface area (Å²) in [5.41, 5.74) is 10.9. The Morgan fingerprint density at radius 3 is 2.25 bits per heavy atom. The molecule has 0 fully saturated rings. The average Bonchev–Trinajstić information content (AvgIpc) is 3.96. The first-order valence-electron chi connectivity index (χ1n) is 19.5. The zero-order valence-electron chi connectivity index (χ0n) is 30.8. The fourth-order valence-electron chi connectivity index (χ4n) is 8.86. The van der Waals surface area contributed by atoms with Crippen molar-refractivity contribution in [1.82, 2.24) is 9.88 Å². The fraction of sp³-hybridized carbons (Fsp3) is 0.0588. The Hall–Kier alpha value is -7.02. The van der Waals surface area contributed by atoms with Crippen LogP contribution in [0.5, 0.6) is 0 Å². The molecule has 270 valence electrons. The highest BCUT2D eigenvalue weighted by molar-refractivity contribution is 7.26. The second-order valence-electron chi connectivity index (χ2n) is 14.9. The molecule has 1 atom stereocenters. The average molecular weight is 751 g/mol. The number of aliphatic imine (C=N–C) groups is 2. The normalized spacial score (nSPS) is 15.8. The van der Waals surface area contributed by atoms with Crippen molar-refractivity contribution < 1.29 is 4.42 Å². The van der Waals surface area contributed by atoms with E-state index in [1.54, 1.807) is 0 Å². The van der Waals surface area contributed by atoms with E-state index in [0.717, 1.165) is 63.1 Å². The van der Waals surface area contributed by atoms with Crippen LogP contribution in [-0.2, 0) is 0 Å². The minimum Gasteiger partial charge on any atom is -0.456 e. The lowest BCUT2D eigenvalue weighted by Crippen LogP contribution is -2.34. The van der Waals surface area contributed by atoms with Gasteiger partial charge in [0.15, 0.2) is 5.84 Å². The molecule has 0 radical (unpaired) electrons. The van der Waals surface area contributed by atoms with E-state index in [2.05, 4.69) is 162 Å². The van der Waals surface area contributed by atoms with Gasteiger partial charge in [0.1, 0.15) is 23.2 Å². The maximum atomic E-state index is 6.64. The molecule has 57 heavy (non-hydrogen) atoms. The van der Waals surface area contributed by atoms with E-state index in [-0.39, 0.29) is 6.17 Å². The van der Waals surface area contributed by atoms with Crippen LogP contribution in [0.1, 0.15) is 30.1 Å². The van der Waals surface area contributed by atoms with Gasteiger partial charge in [0.05, 0.1) is 21.4 Å². The third kappa shape index (κ3) is 5.14. The Balaban J connectivity index is 0.960. The predicted molar refractivity (Wildman–Crippen MR) is 239 cm³/mol. The van der Waals surface area contributed by atoms with Crippen LogP contribution >= 0.6 is 11.3 Å². The van der Waals surface area contributed by atoms with E-state index in [1.165, 1.54) is 58.8 Å². The molecule has 7 aromatic carbocycles. The number of nitrogens with zero attached hydrogens (tertiary/aromatic N) is 3. The largest absolute Gasteiger partial charge is 0.456 e. The minimum absolute atomic E-state index is 0.306. The first-order valence-corrected chi connectivity index (χ1v) is 20.3. The van der Waals surface area contributed by atoms with Gasteiger partial charge in [-0.2, -0.15) is 0 Å². The molecule has 1 aliphatic heterocycles. The van der Waals surface area contributed by atoms with Gasteiger partial charge < -0.3 is 14.3 Å². The summed E-state index contributed by atoms with van der Waals surface area (Å²) in [4.78, 5) is 10.1. The number of hydrogen-bond acceptors (Lipinski definition) is 5. The number of thiophene rings is 1. The molecule has 0 bridgehead atoms. The van der Waals surface area contributed by atoms with Crippen LogP contribution in [0.3, 0.4) is 0 Å². The smallest absolute Gasteiger partial charge is 0.159 e. The lowest BCUT2D eigenvalue weighted by atomic mass is 9.97. The number of rotatable bonds is 5. The van der Waals surface area contributed by atoms with E-state index >= 15 is 0 Å². The SMILES string of the molecule is C1=CCCC(C2=NC(c3ccccc3)=NC(c3ccc4c(c3)oc3cccc(-c5ccc6c(c5)sc5c(-n7c8ccccc8c8ccccc87)cccc56)c34)N2)=C1. The summed E-state index contributed by atoms with van der Waals surface area (Å²) in [6, 6.07) is 54.3. The molecule has 0 spiro atoms. The number of amidine groups is 2. The molecule has 0 saturated carbocycles. The molecule has 0 amide bonds. The van der Waals surface area contributed by atoms with Crippen LogP contribution in [0, 0.1) is 0 Å². The van der Waals surface area contributed by atoms with Crippen LogP contribution in [0.25, 0.3) is 80.7 Å². The molecule has 12 rings (SSSR count). The molecule has 6 heteroatoms. The molecular formula is C51H34N4OS. The summed E-state index contributed by atoms with van der Waals surface area (Å²) in [7, 11) is 0. The van der Waals surface area contributed by atoms with Gasteiger partial charge in [0.2, 0.25) is 0 Å². The van der Waals surface area contributed by atoms with E-state index in [0.29, 0.717) is 0 Å². The molecule has 3 aromatic heterocycles. The van der Waals surface area contributed by atoms with Gasteiger partial charge >= 0.3 is 0 Å². The van der Waals surface area contributed by atoms with Crippen LogP contribution in [0.4, 0.5) is 0 Å². The standard InChI is InChI=1S/C51H34N4OS/c1-3-13-31(14-4-1)49-52-50(32-15-5-2-6-16-32)54-51(53-49)34-26-28-40-45(29-34)56-44-24-12-19-35(47(40)44)33-25-27-38-39-20-11-23-43(48(39)57-46(38)30-33)55-41-21-9-7-17-36(41)37-18-8-10-22-42(37)55/h1-5,7-15,17-30,51H,6,16H2,(H,52,53,54). The quantitative estimate of drug-likeness (QED) is 0.190. The van der Waals surface area contributed by atoms with Crippen molar-refractivity contribution in [2.24, 2.45) is 9.98 Å². The van der Waals surface area contributed by atoms with Crippen molar-refractivity contribution in [2.45, 2.75) is 19.0 Å². The summed E-state index contributed by atoms with van der Waals surface area (Å²) in [5, 5.41) is 11.0. The van der Waals surface area contributed by atoms with Gasteiger partial charge in [-0.15, -0.1) is 11.3 Å². The topological polar surface area (TPSA) is 54.8 Å². The molecular weight excluding hydrogens is 717 g/mol. The van der Waals surface area contributed by atoms with Crippen molar-refractivity contribution in [3.8, 4) is 16.8 Å². The number of allylic oxidation sites excluding steroid dienone is 3. The molecule has 2 aliphatic rings. The lowest BCUT2D eigenvalue weighted by molar-refractivity contribution is 0.653. The molecule has 5 nitrogen and oxygen atoms in total. The molecule has 4 heterocycles. The number of benzene rings is 7. The monoisotopic (exact) mass is 750 g/mol. The van der Waals surface area contributed by atoms with Crippen molar-refractivity contribution in [1.29, 1.82) is 0 Å². The Bertz CT molecular complexity index is 3340. The summed E-state index contributed by atoms with van der Waals surface area (Å²) >= 11 is 1.87. The third-order valence-electron chi connectivity index (χ3n) is 11.5. The Kier molecular flexibility index (Phi) is 7.22. The van der Waals surface area contributed by atoms with Gasteiger partial charge in [0.25, 0.3) is 0 Å². The Morgan fingerprint density at radius 1 is 0.649 bits per heavy atom. The lowest BCUT2D eigenvalue weighted by Gasteiger charge is -2.25. The van der Waals surface area contributed by atoms with Crippen molar-refractivity contribution >= 4 is 86.9 Å². The van der Waals surface area contributed by atoms with Crippen molar-refractivity contribution in [2.75, 3.05) is 0 Å². The first-order chi connectivity index (χ1) is 28.2. The van der Waals surface area contributed by atoms with E-state index < -0.39 is 0 Å². The van der Waals surface area contributed by atoms with Gasteiger partial charge in [-0.1, -0.05) is 133 Å². The second-order valence-corrected chi connectivity index (χ2v) is 15.9. The van der Waals surface area contributed by atoms with E-state index in [9.17, 15) is 0 Å². The predicted octanol–water partition coefficient (Wildman–Crippen LogP) is 13.4. The third-order valence-corrected chi connectivity index (χ3v) is 12.7. The van der Waals surface area contributed by atoms with Crippen molar-refractivity contribution in [3.63, 3.8) is 0 Å². The van der Waals surface area contributed by atoms with E-state index in [4.69, 9.17) is 14.4 Å². The van der Waals surface area contributed by atoms with Crippen LogP contribution in [-0.4, -0.2) is 16.2 Å². The summed E-state index contributed by atoms with van der Waals surface area (Å²) in [5.74, 6) is 1.61. The van der Waals surface area contributed by atoms with Gasteiger partial charge in [-0.25, -0.2) is 9.98 Å². The van der Waals surface area contributed by atoms with Crippen LogP contribution < -0.4 is 5.32 Å². The maximum Gasteiger partial charge on any atom is 0.159 e. The summed E-state index contributed by atoms with van der Waals surface area (Å²) in [6.45, 7) is 0. The zero-order valence-corrected chi connectivity index (χ0v) is 31.6. The molecule has 1 aliphatic carbocycles. The maximum absolute atomic E-state index is 6.64. The molecule has 0 saturated heterocycles. The minimum atomic E-state index is -0.306. The Morgan fingerprint density at radius 2 is 1.42 bits per heavy atom. The second kappa shape index (κ2) is 12.8. The highest BCUT2D eigenvalue weighted by Gasteiger charge is 2.24. The molecule has 1 unspecified atom stereocenters. The molecule has 1 N–H and O–H groups in total. The first kappa shape index (κ1) is 32.2. The number of aromatic nitrogens is 1. The highest BCUT2D eigenvalue weighted by atomic mass is 32.1. The number of hydrogen-bond donors (Lipinski definition) is 1. The summed E-state index contributed by atoms with van der Waals surface area (Å²) < 4.78 is 11.6. The van der Waals surface area contributed by atoms with Gasteiger partial charge in [-0.3, -0.25) is 0 Å². The van der Waals surface area contributed by atoms with Crippen molar-refractivity contribution in [3.05, 3.63) is 187 Å². The fourth-order valence-corrected chi connectivity index (χ4v) is 10.1. The number of para-hydroxylation sites is 2. The zero-order chi connectivity index (χ0) is 37.5. The summed E-state index contributed by atoms with van der Waals surface area (Å²) in [6.07, 6.45) is 8.11. The van der Waals surface area contributed by atoms with Gasteiger partial charge in [0, 0.05) is 48.1 Å². The number of furan rings is 1. The number of fused-ring (bicyclic) bond motifs is 9. The van der Waals surface area contributed by atoms with Crippen LogP contribution in [0.2, 0.25) is 0 Å².